The van der Waals surface area contributed by atoms with Gasteiger partial charge in [-0.05, 0) is 104 Å². The molecule has 1 aromatic heterocycles. The van der Waals surface area contributed by atoms with Gasteiger partial charge in [-0.1, -0.05) is 60.7 Å². The van der Waals surface area contributed by atoms with Gasteiger partial charge in [0.15, 0.2) is 11.5 Å². The predicted octanol–water partition coefficient (Wildman–Crippen LogP) is 8.74. The van der Waals surface area contributed by atoms with Gasteiger partial charge in [0.1, 0.15) is 10.7 Å². The molecule has 56 heavy (non-hydrogen) atoms. The zero-order valence-electron chi connectivity index (χ0n) is 31.5. The van der Waals surface area contributed by atoms with Crippen LogP contribution in [0.2, 0.25) is 0 Å². The Morgan fingerprint density at radius 3 is 2.32 bits per heavy atom. The van der Waals surface area contributed by atoms with Gasteiger partial charge in [-0.25, -0.2) is 4.79 Å². The second-order valence-electron chi connectivity index (χ2n) is 13.0. The number of rotatable bonds is 14. The molecule has 0 bridgehead atoms. The average Bonchev–Trinajstić information content (AvgIpc) is 3.58. The quantitative estimate of drug-likeness (QED) is 0.0579. The van der Waals surface area contributed by atoms with Crippen molar-refractivity contribution in [1.82, 2.24) is 5.32 Å². The lowest BCUT2D eigenvalue weighted by Gasteiger charge is -2.23. The third-order valence-electron chi connectivity index (χ3n) is 9.27. The fraction of sp³-hybridized carbons (Fsp3) is 0.227. The third kappa shape index (κ3) is 9.68. The molecule has 5 aromatic rings. The van der Waals surface area contributed by atoms with Crippen LogP contribution in [0.4, 0.5) is 10.7 Å². The molecule has 4 aromatic carbocycles. The molecule has 3 amide bonds. The van der Waals surface area contributed by atoms with Crippen LogP contribution in [0.3, 0.4) is 0 Å². The van der Waals surface area contributed by atoms with Gasteiger partial charge < -0.3 is 30.2 Å². The summed E-state index contributed by atoms with van der Waals surface area (Å²) in [6.07, 6.45) is 3.97. The lowest BCUT2D eigenvalue weighted by atomic mass is 9.83. The molecule has 288 valence electrons. The fourth-order valence-electron chi connectivity index (χ4n) is 6.47. The Kier molecular flexibility index (Phi) is 13.3. The molecule has 2 atom stereocenters. The smallest absolute Gasteiger partial charge is 0.341 e. The summed E-state index contributed by atoms with van der Waals surface area (Å²) in [6, 6.07) is 31.2. The van der Waals surface area contributed by atoms with Gasteiger partial charge in [-0.2, -0.15) is 0 Å². The van der Waals surface area contributed by atoms with E-state index in [0.717, 1.165) is 34.6 Å². The highest BCUT2D eigenvalue weighted by atomic mass is 32.2. The van der Waals surface area contributed by atoms with Crippen molar-refractivity contribution in [3.05, 3.63) is 142 Å². The Labute approximate surface area is 334 Å². The van der Waals surface area contributed by atoms with Crippen molar-refractivity contribution in [2.75, 3.05) is 31.5 Å². The number of ether oxygens (including phenoxy) is 3. The maximum atomic E-state index is 13.8. The first-order valence-corrected chi connectivity index (χ1v) is 19.9. The molecule has 0 saturated heterocycles. The van der Waals surface area contributed by atoms with Crippen molar-refractivity contribution in [2.24, 2.45) is 0 Å². The zero-order valence-corrected chi connectivity index (χ0v) is 33.2. The molecule has 1 heterocycles. The van der Waals surface area contributed by atoms with Crippen LogP contribution in [0.15, 0.2) is 114 Å². The summed E-state index contributed by atoms with van der Waals surface area (Å²) in [7, 11) is 3.05. The summed E-state index contributed by atoms with van der Waals surface area (Å²) in [4.78, 5) is 55.6. The molecule has 0 spiro atoms. The molecular formula is C44H43N3O7S2. The molecular weight excluding hydrogens is 747 g/mol. The van der Waals surface area contributed by atoms with Crippen LogP contribution in [-0.4, -0.2) is 49.8 Å². The van der Waals surface area contributed by atoms with Gasteiger partial charge in [0, 0.05) is 21.0 Å². The number of hydrogen-bond donors (Lipinski definition) is 3. The minimum absolute atomic E-state index is 0.00279. The molecule has 1 aliphatic rings. The first-order chi connectivity index (χ1) is 27.2. The number of fused-ring (bicyclic) bond motifs is 1. The van der Waals surface area contributed by atoms with E-state index in [9.17, 15) is 19.2 Å². The van der Waals surface area contributed by atoms with Crippen LogP contribution in [0.5, 0.6) is 11.5 Å². The average molecular weight is 790 g/mol. The fourth-order valence-corrected chi connectivity index (χ4v) is 8.72. The van der Waals surface area contributed by atoms with Crippen molar-refractivity contribution < 1.29 is 33.4 Å². The zero-order chi connectivity index (χ0) is 39.6. The number of esters is 1. The molecule has 6 rings (SSSR count). The number of nitrogens with one attached hydrogen (secondary N) is 3. The molecule has 0 fully saturated rings. The van der Waals surface area contributed by atoms with E-state index in [1.807, 2.05) is 24.3 Å². The molecule has 10 nitrogen and oxygen atoms in total. The van der Waals surface area contributed by atoms with Crippen LogP contribution in [0.1, 0.15) is 68.5 Å². The van der Waals surface area contributed by atoms with Crippen molar-refractivity contribution in [3.63, 3.8) is 0 Å². The van der Waals surface area contributed by atoms with E-state index in [1.165, 1.54) is 42.9 Å². The molecule has 1 aliphatic carbocycles. The van der Waals surface area contributed by atoms with Gasteiger partial charge >= 0.3 is 5.97 Å². The predicted molar refractivity (Wildman–Crippen MR) is 222 cm³/mol. The third-order valence-corrected chi connectivity index (χ3v) is 11.5. The number of methoxy groups -OCH3 is 2. The topological polar surface area (TPSA) is 132 Å². The highest BCUT2D eigenvalue weighted by Gasteiger charge is 2.31. The second kappa shape index (κ2) is 18.7. The SMILES string of the molecule is CCOC(=O)c1c(NC(=O)C(C)Sc2cccc(NC(=O)/C(=C\c3ccc(OC)c(OC)c3)NC(=O)c3ccccc3)c2)sc2c1CCC(c1ccccc1)C2. The van der Waals surface area contributed by atoms with E-state index < -0.39 is 23.0 Å². The summed E-state index contributed by atoms with van der Waals surface area (Å²) < 4.78 is 16.2. The maximum Gasteiger partial charge on any atom is 0.341 e. The summed E-state index contributed by atoms with van der Waals surface area (Å²) in [5.74, 6) is -0.387. The first-order valence-electron chi connectivity index (χ1n) is 18.2. The molecule has 0 saturated carbocycles. The van der Waals surface area contributed by atoms with Gasteiger partial charge in [-0.3, -0.25) is 14.4 Å². The molecule has 3 N–H and O–H groups in total. The second-order valence-corrected chi connectivity index (χ2v) is 15.5. The number of anilines is 2. The summed E-state index contributed by atoms with van der Waals surface area (Å²) in [5, 5.41) is 8.62. The van der Waals surface area contributed by atoms with E-state index in [2.05, 4.69) is 28.1 Å². The Morgan fingerprint density at radius 2 is 1.61 bits per heavy atom. The minimum Gasteiger partial charge on any atom is -0.493 e. The number of amides is 3. The van der Waals surface area contributed by atoms with E-state index in [0.29, 0.717) is 44.8 Å². The van der Waals surface area contributed by atoms with Gasteiger partial charge in [-0.15, -0.1) is 23.1 Å². The Hall–Kier alpha value is -5.85. The molecule has 12 heteroatoms. The lowest BCUT2D eigenvalue weighted by Crippen LogP contribution is -2.30. The van der Waals surface area contributed by atoms with Crippen molar-refractivity contribution in [1.29, 1.82) is 0 Å². The van der Waals surface area contributed by atoms with Gasteiger partial charge in [0.2, 0.25) is 5.91 Å². The van der Waals surface area contributed by atoms with E-state index >= 15 is 0 Å². The van der Waals surface area contributed by atoms with Crippen molar-refractivity contribution in [2.45, 2.75) is 49.2 Å². The van der Waals surface area contributed by atoms with Crippen molar-refractivity contribution >= 4 is 63.6 Å². The van der Waals surface area contributed by atoms with Crippen LogP contribution in [-0.2, 0) is 27.2 Å². The standard InChI is InChI=1S/C44H43N3O7S2/c1-5-54-44(51)39-34-21-20-31(29-13-8-6-9-14-29)25-38(34)56-43(39)47-40(48)27(2)55-33-18-12-17-32(26-33)45-42(50)35(46-41(49)30-15-10-7-11-16-30)23-28-19-22-36(52-3)37(24-28)53-4/h6-19,22-24,26-27,31H,5,20-21,25H2,1-4H3,(H,45,50)(H,46,49)(H,47,48)/b35-23+. The number of thiophene rings is 1. The summed E-state index contributed by atoms with van der Waals surface area (Å²) >= 11 is 2.76. The van der Waals surface area contributed by atoms with Crippen molar-refractivity contribution in [3.8, 4) is 11.5 Å². The Morgan fingerprint density at radius 1 is 0.875 bits per heavy atom. The van der Waals surface area contributed by atoms with E-state index in [1.54, 1.807) is 86.7 Å². The minimum atomic E-state index is -0.558. The maximum absolute atomic E-state index is 13.8. The number of carbonyl (C=O) groups is 4. The van der Waals surface area contributed by atoms with Crippen LogP contribution >= 0.6 is 23.1 Å². The largest absolute Gasteiger partial charge is 0.493 e. The van der Waals surface area contributed by atoms with Crippen LogP contribution in [0.25, 0.3) is 6.08 Å². The molecule has 2 unspecified atom stereocenters. The van der Waals surface area contributed by atoms with E-state index in [4.69, 9.17) is 14.2 Å². The van der Waals surface area contributed by atoms with Gasteiger partial charge in [0.05, 0.1) is 31.6 Å². The summed E-state index contributed by atoms with van der Waals surface area (Å²) in [6.45, 7) is 3.79. The number of benzene rings is 4. The van der Waals surface area contributed by atoms with Gasteiger partial charge in [0.25, 0.3) is 11.8 Å². The number of thioether (sulfide) groups is 1. The molecule has 0 aliphatic heterocycles. The highest BCUT2D eigenvalue weighted by molar-refractivity contribution is 8.00. The van der Waals surface area contributed by atoms with Crippen LogP contribution in [0, 0.1) is 0 Å². The van der Waals surface area contributed by atoms with E-state index in [-0.39, 0.29) is 18.2 Å². The number of hydrogen-bond acceptors (Lipinski definition) is 9. The normalized spacial score (nSPS) is 14.1. The highest BCUT2D eigenvalue weighted by Crippen LogP contribution is 2.43. The monoisotopic (exact) mass is 789 g/mol. The lowest BCUT2D eigenvalue weighted by molar-refractivity contribution is -0.115. The number of carbonyl (C=O) groups excluding carboxylic acids is 4. The summed E-state index contributed by atoms with van der Waals surface area (Å²) in [5.41, 5.74) is 4.12. The van der Waals surface area contributed by atoms with Crippen LogP contribution < -0.4 is 25.4 Å². The Bertz CT molecular complexity index is 2240. The Balaban J connectivity index is 1.17. The molecule has 0 radical (unpaired) electrons. The first kappa shape index (κ1) is 39.8.